The summed E-state index contributed by atoms with van der Waals surface area (Å²) in [6.45, 7) is 11.9. The Balaban J connectivity index is 2.27. The molecule has 0 aliphatic rings. The van der Waals surface area contributed by atoms with E-state index < -0.39 is 8.80 Å². The molecule has 0 aromatic heterocycles. The summed E-state index contributed by atoms with van der Waals surface area (Å²) in [7, 11) is -2.91. The molecule has 2 rings (SSSR count). The molecule has 0 N–H and O–H groups in total. The fourth-order valence-electron chi connectivity index (χ4n) is 2.99. The van der Waals surface area contributed by atoms with Crippen molar-refractivity contribution in [1.82, 2.24) is 0 Å². The summed E-state index contributed by atoms with van der Waals surface area (Å²) in [5, 5.41) is 2.43. The second-order valence-electron chi connectivity index (χ2n) is 6.78. The molecule has 26 heavy (non-hydrogen) atoms. The van der Waals surface area contributed by atoms with Gasteiger partial charge in [0.05, 0.1) is 6.61 Å². The largest absolute Gasteiger partial charge is 0.507 e. The maximum absolute atomic E-state index is 6.29. The molecule has 0 saturated carbocycles. The summed E-state index contributed by atoms with van der Waals surface area (Å²) in [6.07, 6.45) is -0.364. The smallest absolute Gasteiger partial charge is 0.374 e. The molecule has 144 valence electrons. The lowest BCUT2D eigenvalue weighted by Gasteiger charge is -2.32. The Bertz CT molecular complexity index is 663. The van der Waals surface area contributed by atoms with Gasteiger partial charge in [-0.05, 0) is 43.0 Å². The Labute approximate surface area is 158 Å². The minimum Gasteiger partial charge on any atom is -0.374 e. The molecule has 0 amide bonds. The molecule has 0 aliphatic carbocycles. The highest BCUT2D eigenvalue weighted by Crippen LogP contribution is 2.25. The van der Waals surface area contributed by atoms with Crippen molar-refractivity contribution in [3.63, 3.8) is 0 Å². The van der Waals surface area contributed by atoms with Crippen LogP contribution in [0.3, 0.4) is 0 Å². The molecule has 0 heterocycles. The van der Waals surface area contributed by atoms with E-state index in [1.807, 2.05) is 20.8 Å². The Hall–Kier alpha value is -1.24. The maximum atomic E-state index is 6.29. The minimum absolute atomic E-state index is 0.364. The molecule has 0 spiro atoms. The van der Waals surface area contributed by atoms with Crippen LogP contribution in [-0.2, 0) is 24.1 Å². The average Bonchev–Trinajstić information content (AvgIpc) is 2.61. The molecule has 0 saturated heterocycles. The highest BCUT2D eigenvalue weighted by atomic mass is 28.4. The first-order valence-corrected chi connectivity index (χ1v) is 11.5. The normalized spacial score (nSPS) is 13.5. The molecule has 1 atom stereocenters. The van der Waals surface area contributed by atoms with Crippen molar-refractivity contribution < 1.29 is 18.0 Å². The summed E-state index contributed by atoms with van der Waals surface area (Å²) in [5.74, 6) is 0.453. The molecule has 1 unspecified atom stereocenters. The van der Waals surface area contributed by atoms with Gasteiger partial charge in [-0.25, -0.2) is 0 Å². The van der Waals surface area contributed by atoms with E-state index in [9.17, 15) is 0 Å². The fraction of sp³-hybridized carbons (Fsp3) is 0.524. The van der Waals surface area contributed by atoms with E-state index in [0.717, 1.165) is 0 Å². The van der Waals surface area contributed by atoms with Crippen LogP contribution < -0.4 is 0 Å². The van der Waals surface area contributed by atoms with Crippen molar-refractivity contribution in [2.24, 2.45) is 5.92 Å². The minimum atomic E-state index is -2.91. The summed E-state index contributed by atoms with van der Waals surface area (Å²) >= 11 is 0. The van der Waals surface area contributed by atoms with Crippen LogP contribution in [0.4, 0.5) is 0 Å². The van der Waals surface area contributed by atoms with Crippen LogP contribution in [0.2, 0.25) is 0 Å². The second kappa shape index (κ2) is 10.2. The number of rotatable bonds is 11. The van der Waals surface area contributed by atoms with Crippen molar-refractivity contribution in [3.8, 4) is 0 Å². The first kappa shape index (κ1) is 21.1. The zero-order valence-corrected chi connectivity index (χ0v) is 17.7. The van der Waals surface area contributed by atoms with Crippen LogP contribution >= 0.6 is 0 Å². The summed E-state index contributed by atoms with van der Waals surface area (Å²) < 4.78 is 24.4. The van der Waals surface area contributed by atoms with Crippen molar-refractivity contribution in [2.75, 3.05) is 19.8 Å². The first-order chi connectivity index (χ1) is 12.5. The molecule has 0 bridgehead atoms. The van der Waals surface area contributed by atoms with Gasteiger partial charge in [-0.1, -0.05) is 56.3 Å². The van der Waals surface area contributed by atoms with Gasteiger partial charge in [-0.3, -0.25) is 0 Å². The number of hydrogen-bond donors (Lipinski definition) is 0. The third-order valence-corrected chi connectivity index (χ3v) is 6.99. The Morgan fingerprint density at radius 3 is 2.19 bits per heavy atom. The van der Waals surface area contributed by atoms with Crippen LogP contribution in [0.25, 0.3) is 10.8 Å². The Morgan fingerprint density at radius 1 is 0.885 bits per heavy atom. The Kier molecular flexibility index (Phi) is 8.25. The van der Waals surface area contributed by atoms with Crippen molar-refractivity contribution in [2.45, 2.75) is 47.0 Å². The van der Waals surface area contributed by atoms with Gasteiger partial charge in [-0.2, -0.15) is 0 Å². The molecule has 2 aromatic carbocycles. The van der Waals surface area contributed by atoms with E-state index in [1.165, 1.54) is 16.3 Å². The van der Waals surface area contributed by atoms with Gasteiger partial charge in [0, 0.05) is 19.3 Å². The van der Waals surface area contributed by atoms with E-state index in [0.29, 0.717) is 31.8 Å². The van der Waals surface area contributed by atoms with Crippen LogP contribution in [0.15, 0.2) is 42.5 Å². The highest BCUT2D eigenvalue weighted by Gasteiger charge is 2.43. The lowest BCUT2D eigenvalue weighted by Crippen LogP contribution is -2.51. The standard InChI is InChI=1S/C21H32O4Si/c1-6-23-26(24-7-2,25-18(5)22-15-17(3)4)16-20-13-10-12-19-11-8-9-14-21(19)20/h8-14,17-18H,6-7,15-16H2,1-5H3. The number of fused-ring (bicyclic) bond motifs is 1. The van der Waals surface area contributed by atoms with E-state index in [1.54, 1.807) is 0 Å². The third-order valence-electron chi connectivity index (χ3n) is 4.03. The van der Waals surface area contributed by atoms with Gasteiger partial charge in [-0.15, -0.1) is 0 Å². The lowest BCUT2D eigenvalue weighted by atomic mass is 10.1. The molecule has 2 aromatic rings. The van der Waals surface area contributed by atoms with E-state index in [-0.39, 0.29) is 6.29 Å². The SMILES string of the molecule is CCO[Si](Cc1cccc2ccccc12)(OCC)OC(C)OCC(C)C. The zero-order chi connectivity index (χ0) is 19.0. The molecule has 0 radical (unpaired) electrons. The maximum Gasteiger partial charge on any atom is 0.507 e. The van der Waals surface area contributed by atoms with E-state index in [2.05, 4.69) is 56.3 Å². The molecule has 4 nitrogen and oxygen atoms in total. The predicted molar refractivity (Wildman–Crippen MR) is 108 cm³/mol. The molecule has 0 aliphatic heterocycles. The second-order valence-corrected chi connectivity index (χ2v) is 9.31. The quantitative estimate of drug-likeness (QED) is 0.410. The summed E-state index contributed by atoms with van der Waals surface area (Å²) in [6, 6.07) is 15.3. The summed E-state index contributed by atoms with van der Waals surface area (Å²) in [4.78, 5) is 0. The molecule has 5 heteroatoms. The fourth-order valence-corrected chi connectivity index (χ4v) is 5.72. The third kappa shape index (κ3) is 5.89. The van der Waals surface area contributed by atoms with E-state index >= 15 is 0 Å². The van der Waals surface area contributed by atoms with Gasteiger partial charge in [0.2, 0.25) is 0 Å². The van der Waals surface area contributed by atoms with Crippen LogP contribution in [0.1, 0.15) is 40.2 Å². The van der Waals surface area contributed by atoms with Gasteiger partial charge >= 0.3 is 8.80 Å². The van der Waals surface area contributed by atoms with Crippen molar-refractivity contribution >= 4 is 19.6 Å². The van der Waals surface area contributed by atoms with Gasteiger partial charge < -0.3 is 18.0 Å². The number of ether oxygens (including phenoxy) is 1. The summed E-state index contributed by atoms with van der Waals surface area (Å²) in [5.41, 5.74) is 1.19. The molecular weight excluding hydrogens is 344 g/mol. The van der Waals surface area contributed by atoms with Crippen LogP contribution in [0.5, 0.6) is 0 Å². The first-order valence-electron chi connectivity index (χ1n) is 9.53. The van der Waals surface area contributed by atoms with Crippen molar-refractivity contribution in [1.29, 1.82) is 0 Å². The zero-order valence-electron chi connectivity index (χ0n) is 16.7. The van der Waals surface area contributed by atoms with Gasteiger partial charge in [0.25, 0.3) is 0 Å². The predicted octanol–water partition coefficient (Wildman–Crippen LogP) is 4.97. The monoisotopic (exact) mass is 376 g/mol. The highest BCUT2D eigenvalue weighted by molar-refractivity contribution is 6.60. The van der Waals surface area contributed by atoms with E-state index in [4.69, 9.17) is 18.0 Å². The number of benzene rings is 2. The number of hydrogen-bond acceptors (Lipinski definition) is 4. The Morgan fingerprint density at radius 2 is 1.54 bits per heavy atom. The van der Waals surface area contributed by atoms with Crippen LogP contribution in [0, 0.1) is 5.92 Å². The van der Waals surface area contributed by atoms with Gasteiger partial charge in [0.1, 0.15) is 6.29 Å². The van der Waals surface area contributed by atoms with Crippen molar-refractivity contribution in [3.05, 3.63) is 48.0 Å². The van der Waals surface area contributed by atoms with Crippen LogP contribution in [-0.4, -0.2) is 34.9 Å². The molecular formula is C21H32O4Si. The van der Waals surface area contributed by atoms with Gasteiger partial charge in [0.15, 0.2) is 0 Å². The average molecular weight is 377 g/mol. The topological polar surface area (TPSA) is 36.9 Å². The lowest BCUT2D eigenvalue weighted by molar-refractivity contribution is -0.115. The molecule has 0 fully saturated rings.